The summed E-state index contributed by atoms with van der Waals surface area (Å²) >= 11 is 0. The Kier molecular flexibility index (Phi) is 5.87. The molecule has 3 aromatic carbocycles. The third-order valence-electron chi connectivity index (χ3n) is 6.31. The zero-order valence-electron chi connectivity index (χ0n) is 19.6. The average Bonchev–Trinajstić information content (AvgIpc) is 2.98. The van der Waals surface area contributed by atoms with Gasteiger partial charge in [-0.25, -0.2) is 0 Å². The molecule has 6 aromatic rings. The van der Waals surface area contributed by atoms with Crippen molar-refractivity contribution in [2.45, 2.75) is 0 Å². The summed E-state index contributed by atoms with van der Waals surface area (Å²) in [7, 11) is 0. The Labute approximate surface area is 210 Å². The number of hydrogen-bond acceptors (Lipinski definition) is 3. The van der Waals surface area contributed by atoms with E-state index in [1.165, 1.54) is 22.3 Å². The number of rotatable bonds is 5. The number of hydrogen-bond donors (Lipinski definition) is 0. The molecule has 0 bridgehead atoms. The van der Waals surface area contributed by atoms with Crippen LogP contribution in [0.5, 0.6) is 0 Å². The Balaban J connectivity index is 1.45. The van der Waals surface area contributed by atoms with Crippen molar-refractivity contribution in [2.24, 2.45) is 0 Å². The Morgan fingerprint density at radius 2 is 0.750 bits per heavy atom. The Hall–Kier alpha value is -4.89. The SMILES string of the molecule is c1ccc(-c2cccc(-c3cccc(-c4cc(-c5ccncc5)cc(-c5ccncc5)c4)c3)c2)nc1. The molecule has 6 rings (SSSR count). The molecule has 0 unspecified atom stereocenters. The fraction of sp³-hybridized carbons (Fsp3) is 0. The summed E-state index contributed by atoms with van der Waals surface area (Å²) < 4.78 is 0. The summed E-state index contributed by atoms with van der Waals surface area (Å²) in [5.74, 6) is 0. The topological polar surface area (TPSA) is 38.7 Å². The van der Waals surface area contributed by atoms with Gasteiger partial charge < -0.3 is 0 Å². The van der Waals surface area contributed by atoms with Crippen LogP contribution in [-0.2, 0) is 0 Å². The maximum absolute atomic E-state index is 4.52. The van der Waals surface area contributed by atoms with E-state index >= 15 is 0 Å². The van der Waals surface area contributed by atoms with Crippen molar-refractivity contribution in [3.63, 3.8) is 0 Å². The molecule has 170 valence electrons. The highest BCUT2D eigenvalue weighted by Gasteiger charge is 2.09. The fourth-order valence-corrected chi connectivity index (χ4v) is 4.49. The van der Waals surface area contributed by atoms with Crippen molar-refractivity contribution < 1.29 is 0 Å². The van der Waals surface area contributed by atoms with Crippen molar-refractivity contribution in [1.82, 2.24) is 15.0 Å². The molecule has 0 aliphatic rings. The molecule has 36 heavy (non-hydrogen) atoms. The second-order valence-corrected chi connectivity index (χ2v) is 8.65. The van der Waals surface area contributed by atoms with Gasteiger partial charge in [0.25, 0.3) is 0 Å². The third-order valence-corrected chi connectivity index (χ3v) is 6.31. The molecule has 0 fully saturated rings. The summed E-state index contributed by atoms with van der Waals surface area (Å²) in [5.41, 5.74) is 11.3. The first-order valence-electron chi connectivity index (χ1n) is 11.9. The molecule has 0 atom stereocenters. The minimum atomic E-state index is 0.975. The van der Waals surface area contributed by atoms with Gasteiger partial charge in [0.2, 0.25) is 0 Å². The van der Waals surface area contributed by atoms with E-state index in [0.29, 0.717) is 0 Å². The number of nitrogens with zero attached hydrogens (tertiary/aromatic N) is 3. The smallest absolute Gasteiger partial charge is 0.0702 e. The van der Waals surface area contributed by atoms with Crippen LogP contribution in [0, 0.1) is 0 Å². The molecule has 3 heteroatoms. The van der Waals surface area contributed by atoms with Gasteiger partial charge in [-0.1, -0.05) is 42.5 Å². The average molecular weight is 462 g/mol. The minimum absolute atomic E-state index is 0.975. The standard InChI is InChI=1S/C33H23N3/c1-2-14-36-33(9-1)29-8-4-6-27(20-29)26-5-3-7-28(19-26)32-22-30(24-10-15-34-16-11-24)21-31(23-32)25-12-17-35-18-13-25/h1-23H. The maximum Gasteiger partial charge on any atom is 0.0702 e. The highest BCUT2D eigenvalue weighted by Crippen LogP contribution is 2.34. The molecule has 0 aliphatic carbocycles. The zero-order chi connectivity index (χ0) is 24.2. The maximum atomic E-state index is 4.52. The van der Waals surface area contributed by atoms with Crippen LogP contribution in [0.3, 0.4) is 0 Å². The molecular weight excluding hydrogens is 438 g/mol. The molecule has 0 aliphatic heterocycles. The van der Waals surface area contributed by atoms with Gasteiger partial charge in [-0.3, -0.25) is 15.0 Å². The van der Waals surface area contributed by atoms with Gasteiger partial charge >= 0.3 is 0 Å². The van der Waals surface area contributed by atoms with Gasteiger partial charge in [-0.15, -0.1) is 0 Å². The number of pyridine rings is 3. The molecule has 0 saturated heterocycles. The van der Waals surface area contributed by atoms with E-state index in [1.807, 2.05) is 49.2 Å². The molecule has 0 spiro atoms. The first-order valence-corrected chi connectivity index (χ1v) is 11.9. The van der Waals surface area contributed by atoms with Crippen molar-refractivity contribution in [1.29, 1.82) is 0 Å². The van der Waals surface area contributed by atoms with Crippen LogP contribution >= 0.6 is 0 Å². The summed E-state index contributed by atoms with van der Waals surface area (Å²) in [6, 6.07) is 38.2. The summed E-state index contributed by atoms with van der Waals surface area (Å²) in [4.78, 5) is 12.9. The van der Waals surface area contributed by atoms with E-state index in [2.05, 4.69) is 106 Å². The van der Waals surface area contributed by atoms with Gasteiger partial charge in [-0.2, -0.15) is 0 Å². The predicted octanol–water partition coefficient (Wildman–Crippen LogP) is 8.21. The zero-order valence-corrected chi connectivity index (χ0v) is 19.6. The molecule has 0 radical (unpaired) electrons. The van der Waals surface area contributed by atoms with E-state index in [9.17, 15) is 0 Å². The van der Waals surface area contributed by atoms with E-state index < -0.39 is 0 Å². The van der Waals surface area contributed by atoms with Gasteiger partial charge in [-0.05, 0) is 111 Å². The first-order chi connectivity index (χ1) is 17.8. The van der Waals surface area contributed by atoms with Crippen LogP contribution in [0.25, 0.3) is 55.8 Å². The Morgan fingerprint density at radius 1 is 0.306 bits per heavy atom. The van der Waals surface area contributed by atoms with Gasteiger partial charge in [0.05, 0.1) is 5.69 Å². The molecule has 0 amide bonds. The van der Waals surface area contributed by atoms with Gasteiger partial charge in [0, 0.05) is 36.5 Å². The monoisotopic (exact) mass is 461 g/mol. The third kappa shape index (κ3) is 4.55. The van der Waals surface area contributed by atoms with Crippen molar-refractivity contribution in [3.05, 3.63) is 140 Å². The number of benzene rings is 3. The van der Waals surface area contributed by atoms with Crippen molar-refractivity contribution in [2.75, 3.05) is 0 Å². The van der Waals surface area contributed by atoms with Crippen molar-refractivity contribution in [3.8, 4) is 55.8 Å². The van der Waals surface area contributed by atoms with Crippen LogP contribution in [0.4, 0.5) is 0 Å². The molecule has 0 N–H and O–H groups in total. The van der Waals surface area contributed by atoms with Crippen LogP contribution in [0.1, 0.15) is 0 Å². The van der Waals surface area contributed by atoms with Crippen LogP contribution in [0.2, 0.25) is 0 Å². The number of aromatic nitrogens is 3. The lowest BCUT2D eigenvalue weighted by atomic mass is 9.92. The second-order valence-electron chi connectivity index (χ2n) is 8.65. The summed E-state index contributed by atoms with van der Waals surface area (Å²) in [6.07, 6.45) is 9.18. The predicted molar refractivity (Wildman–Crippen MR) is 147 cm³/mol. The first kappa shape index (κ1) is 21.6. The lowest BCUT2D eigenvalue weighted by molar-refractivity contribution is 1.33. The van der Waals surface area contributed by atoms with E-state index in [4.69, 9.17) is 0 Å². The molecule has 3 heterocycles. The minimum Gasteiger partial charge on any atom is -0.265 e. The molecule has 3 aromatic heterocycles. The lowest BCUT2D eigenvalue weighted by Gasteiger charge is -2.12. The highest BCUT2D eigenvalue weighted by atomic mass is 14.7. The fourth-order valence-electron chi connectivity index (χ4n) is 4.49. The van der Waals surface area contributed by atoms with Crippen LogP contribution in [0.15, 0.2) is 140 Å². The van der Waals surface area contributed by atoms with Crippen LogP contribution in [-0.4, -0.2) is 15.0 Å². The Bertz CT molecular complexity index is 1550. The molecule has 3 nitrogen and oxygen atoms in total. The van der Waals surface area contributed by atoms with E-state index in [1.54, 1.807) is 0 Å². The quantitative estimate of drug-likeness (QED) is 0.260. The Morgan fingerprint density at radius 3 is 1.28 bits per heavy atom. The lowest BCUT2D eigenvalue weighted by Crippen LogP contribution is -1.88. The van der Waals surface area contributed by atoms with Gasteiger partial charge in [0.1, 0.15) is 0 Å². The molecule has 0 saturated carbocycles. The second kappa shape index (κ2) is 9.77. The van der Waals surface area contributed by atoms with Crippen molar-refractivity contribution >= 4 is 0 Å². The largest absolute Gasteiger partial charge is 0.265 e. The van der Waals surface area contributed by atoms with Gasteiger partial charge in [0.15, 0.2) is 0 Å². The summed E-state index contributed by atoms with van der Waals surface area (Å²) in [6.45, 7) is 0. The van der Waals surface area contributed by atoms with E-state index in [-0.39, 0.29) is 0 Å². The van der Waals surface area contributed by atoms with E-state index in [0.717, 1.165) is 33.5 Å². The highest BCUT2D eigenvalue weighted by molar-refractivity contribution is 5.83. The molecular formula is C33H23N3. The summed E-state index contributed by atoms with van der Waals surface area (Å²) in [5, 5.41) is 0. The van der Waals surface area contributed by atoms with Crippen LogP contribution < -0.4 is 0 Å². The normalized spacial score (nSPS) is 10.8.